The van der Waals surface area contributed by atoms with Crippen molar-refractivity contribution in [3.63, 3.8) is 0 Å². The van der Waals surface area contributed by atoms with Gasteiger partial charge in [0.2, 0.25) is 0 Å². The van der Waals surface area contributed by atoms with Crippen molar-refractivity contribution in [2.45, 2.75) is 6.54 Å². The van der Waals surface area contributed by atoms with Crippen molar-refractivity contribution >= 4 is 17.2 Å². The highest BCUT2D eigenvalue weighted by Gasteiger charge is 2.07. The van der Waals surface area contributed by atoms with E-state index in [0.29, 0.717) is 23.9 Å². The predicted octanol–water partition coefficient (Wildman–Crippen LogP) is 1.71. The number of nitrogens with two attached hydrogens (primary N) is 1. The lowest BCUT2D eigenvalue weighted by atomic mass is 10.2. The van der Waals surface area contributed by atoms with Gasteiger partial charge in [-0.15, -0.1) is 0 Å². The van der Waals surface area contributed by atoms with Crippen molar-refractivity contribution in [2.24, 2.45) is 0 Å². The third kappa shape index (κ3) is 2.57. The molecule has 0 amide bonds. The number of nitrogens with one attached hydrogen (secondary N) is 2. The van der Waals surface area contributed by atoms with Gasteiger partial charge in [0.1, 0.15) is 0 Å². The molecule has 0 spiro atoms. The number of rotatable bonds is 4. The van der Waals surface area contributed by atoms with Gasteiger partial charge in [0.05, 0.1) is 23.6 Å². The minimum absolute atomic E-state index is 0.364. The molecule has 4 rings (SSSR count). The van der Waals surface area contributed by atoms with Gasteiger partial charge in [0.15, 0.2) is 11.6 Å². The molecule has 8 nitrogen and oxygen atoms in total. The van der Waals surface area contributed by atoms with Gasteiger partial charge in [0.25, 0.3) is 0 Å². The SMILES string of the molecule is Nc1ncc(-c2cn[nH]c2)nc1NCc1ccn2nccc2c1. The Morgan fingerprint density at radius 3 is 3.09 bits per heavy atom. The molecule has 4 aromatic rings. The Morgan fingerprint density at radius 2 is 2.22 bits per heavy atom. The Bertz CT molecular complexity index is 941. The minimum atomic E-state index is 0.364. The molecule has 0 aliphatic heterocycles. The van der Waals surface area contributed by atoms with Gasteiger partial charge in [0, 0.05) is 30.7 Å². The number of hydrogen-bond acceptors (Lipinski definition) is 6. The van der Waals surface area contributed by atoms with E-state index in [2.05, 4.69) is 36.6 Å². The second-order valence-corrected chi connectivity index (χ2v) is 5.07. The molecular weight excluding hydrogens is 292 g/mol. The number of aromatic amines is 1. The summed E-state index contributed by atoms with van der Waals surface area (Å²) in [4.78, 5) is 8.69. The van der Waals surface area contributed by atoms with Crippen LogP contribution in [0.15, 0.2) is 49.2 Å². The third-order valence-corrected chi connectivity index (χ3v) is 3.52. The van der Waals surface area contributed by atoms with Gasteiger partial charge in [-0.05, 0) is 23.8 Å². The summed E-state index contributed by atoms with van der Waals surface area (Å²) in [7, 11) is 0. The summed E-state index contributed by atoms with van der Waals surface area (Å²) in [5, 5.41) is 14.1. The van der Waals surface area contributed by atoms with Crippen LogP contribution in [-0.2, 0) is 6.54 Å². The molecule has 4 heterocycles. The van der Waals surface area contributed by atoms with E-state index < -0.39 is 0 Å². The van der Waals surface area contributed by atoms with E-state index in [9.17, 15) is 0 Å². The Morgan fingerprint density at radius 1 is 1.26 bits per heavy atom. The maximum absolute atomic E-state index is 5.91. The van der Waals surface area contributed by atoms with E-state index in [-0.39, 0.29) is 0 Å². The van der Waals surface area contributed by atoms with Crippen molar-refractivity contribution in [1.82, 2.24) is 29.8 Å². The van der Waals surface area contributed by atoms with Gasteiger partial charge in [-0.3, -0.25) is 5.10 Å². The molecule has 23 heavy (non-hydrogen) atoms. The molecule has 0 bridgehead atoms. The van der Waals surface area contributed by atoms with Crippen LogP contribution in [0, 0.1) is 0 Å². The van der Waals surface area contributed by atoms with E-state index in [1.807, 2.05) is 22.8 Å². The van der Waals surface area contributed by atoms with Crippen LogP contribution in [0.5, 0.6) is 0 Å². The lowest BCUT2D eigenvalue weighted by molar-refractivity contribution is 0.951. The second-order valence-electron chi connectivity index (χ2n) is 5.07. The van der Waals surface area contributed by atoms with Gasteiger partial charge in [-0.1, -0.05) is 0 Å². The lowest BCUT2D eigenvalue weighted by Crippen LogP contribution is -2.07. The Kier molecular flexibility index (Phi) is 3.12. The van der Waals surface area contributed by atoms with Crippen molar-refractivity contribution in [1.29, 1.82) is 0 Å². The van der Waals surface area contributed by atoms with E-state index in [0.717, 1.165) is 16.6 Å². The van der Waals surface area contributed by atoms with E-state index in [1.165, 1.54) is 0 Å². The molecule has 0 unspecified atom stereocenters. The van der Waals surface area contributed by atoms with Crippen LogP contribution < -0.4 is 11.1 Å². The molecule has 0 aliphatic carbocycles. The number of fused-ring (bicyclic) bond motifs is 1. The van der Waals surface area contributed by atoms with Gasteiger partial charge in [-0.2, -0.15) is 10.2 Å². The summed E-state index contributed by atoms with van der Waals surface area (Å²) in [5.41, 5.74) is 9.62. The largest absolute Gasteiger partial charge is 0.381 e. The monoisotopic (exact) mass is 306 g/mol. The number of anilines is 2. The fraction of sp³-hybridized carbons (Fsp3) is 0.0667. The summed E-state index contributed by atoms with van der Waals surface area (Å²) in [6.07, 6.45) is 8.77. The molecule has 0 aromatic carbocycles. The predicted molar refractivity (Wildman–Crippen MR) is 86.5 cm³/mol. The number of hydrogen-bond donors (Lipinski definition) is 3. The summed E-state index contributed by atoms with van der Waals surface area (Å²) in [5.74, 6) is 0.916. The van der Waals surface area contributed by atoms with Crippen LogP contribution in [0.2, 0.25) is 0 Å². The smallest absolute Gasteiger partial charge is 0.169 e. The van der Waals surface area contributed by atoms with Crippen LogP contribution in [0.1, 0.15) is 5.56 Å². The van der Waals surface area contributed by atoms with Gasteiger partial charge in [-0.25, -0.2) is 14.5 Å². The van der Waals surface area contributed by atoms with Crippen LogP contribution in [-0.4, -0.2) is 29.8 Å². The first-order chi connectivity index (χ1) is 11.3. The molecular formula is C15H14N8. The highest BCUT2D eigenvalue weighted by atomic mass is 15.2. The van der Waals surface area contributed by atoms with Crippen LogP contribution in [0.25, 0.3) is 16.8 Å². The summed E-state index contributed by atoms with van der Waals surface area (Å²) in [6, 6.07) is 6.01. The van der Waals surface area contributed by atoms with Crippen LogP contribution in [0.3, 0.4) is 0 Å². The maximum Gasteiger partial charge on any atom is 0.169 e. The van der Waals surface area contributed by atoms with Gasteiger partial charge < -0.3 is 11.1 Å². The average molecular weight is 306 g/mol. The first-order valence-electron chi connectivity index (χ1n) is 7.07. The zero-order chi connectivity index (χ0) is 15.6. The number of nitrogens with zero attached hydrogens (tertiary/aromatic N) is 5. The Balaban J connectivity index is 1.57. The summed E-state index contributed by atoms with van der Waals surface area (Å²) >= 11 is 0. The van der Waals surface area contributed by atoms with Crippen molar-refractivity contribution in [2.75, 3.05) is 11.1 Å². The first-order valence-corrected chi connectivity index (χ1v) is 7.07. The topological polar surface area (TPSA) is 110 Å². The van der Waals surface area contributed by atoms with Gasteiger partial charge >= 0.3 is 0 Å². The van der Waals surface area contributed by atoms with E-state index in [4.69, 9.17) is 5.73 Å². The number of nitrogen functional groups attached to an aromatic ring is 1. The Hall–Kier alpha value is -3.42. The number of pyridine rings is 1. The standard InChI is InChI=1S/C15H14N8/c16-14-15(22-13(9-17-14)11-7-19-20-8-11)18-6-10-2-4-23-12(5-10)1-3-21-23/h1-5,7-9H,6H2,(H2,16,17)(H,18,22)(H,19,20). The van der Waals surface area contributed by atoms with Crippen molar-refractivity contribution in [3.05, 3.63) is 54.7 Å². The normalized spacial score (nSPS) is 11.0. The van der Waals surface area contributed by atoms with Crippen molar-refractivity contribution < 1.29 is 0 Å². The second kappa shape index (κ2) is 5.41. The quantitative estimate of drug-likeness (QED) is 0.529. The fourth-order valence-corrected chi connectivity index (χ4v) is 2.32. The molecule has 0 radical (unpaired) electrons. The summed E-state index contributed by atoms with van der Waals surface area (Å²) < 4.78 is 1.82. The lowest BCUT2D eigenvalue weighted by Gasteiger charge is -2.09. The van der Waals surface area contributed by atoms with Crippen molar-refractivity contribution in [3.8, 4) is 11.3 Å². The zero-order valence-corrected chi connectivity index (χ0v) is 12.1. The average Bonchev–Trinajstić information content (AvgIpc) is 3.25. The molecule has 8 heteroatoms. The molecule has 114 valence electrons. The van der Waals surface area contributed by atoms with E-state index >= 15 is 0 Å². The molecule has 0 fully saturated rings. The highest BCUT2D eigenvalue weighted by Crippen LogP contribution is 2.20. The molecule has 4 aromatic heterocycles. The molecule has 0 atom stereocenters. The molecule has 0 saturated heterocycles. The first kappa shape index (κ1) is 13.3. The maximum atomic E-state index is 5.91. The Labute approximate surface area is 131 Å². The molecule has 0 saturated carbocycles. The number of aromatic nitrogens is 6. The van der Waals surface area contributed by atoms with Crippen LogP contribution in [0.4, 0.5) is 11.6 Å². The third-order valence-electron chi connectivity index (χ3n) is 3.52. The zero-order valence-electron chi connectivity index (χ0n) is 12.1. The molecule has 0 aliphatic rings. The minimum Gasteiger partial charge on any atom is -0.381 e. The fourth-order valence-electron chi connectivity index (χ4n) is 2.32. The highest BCUT2D eigenvalue weighted by molar-refractivity contribution is 5.64. The number of H-pyrrole nitrogens is 1. The van der Waals surface area contributed by atoms with E-state index in [1.54, 1.807) is 24.8 Å². The summed E-state index contributed by atoms with van der Waals surface area (Å²) in [6.45, 7) is 0.593. The van der Waals surface area contributed by atoms with Crippen LogP contribution >= 0.6 is 0 Å². The molecule has 4 N–H and O–H groups in total.